The van der Waals surface area contributed by atoms with E-state index >= 15 is 0 Å². The minimum absolute atomic E-state index is 0.0574. The highest BCUT2D eigenvalue weighted by Gasteiger charge is 2.45. The van der Waals surface area contributed by atoms with E-state index in [0.29, 0.717) is 19.5 Å². The van der Waals surface area contributed by atoms with Gasteiger partial charge in [0.25, 0.3) is 0 Å². The summed E-state index contributed by atoms with van der Waals surface area (Å²) in [7, 11) is 0. The number of aliphatic hydroxyl groups is 1. The van der Waals surface area contributed by atoms with Crippen LogP contribution in [0.1, 0.15) is 58.8 Å². The van der Waals surface area contributed by atoms with Gasteiger partial charge in [-0.1, -0.05) is 26.2 Å². The van der Waals surface area contributed by atoms with Crippen molar-refractivity contribution in [2.75, 3.05) is 13.1 Å². The van der Waals surface area contributed by atoms with Crippen LogP contribution in [-0.2, 0) is 4.79 Å². The molecule has 0 aromatic carbocycles. The van der Waals surface area contributed by atoms with Crippen molar-refractivity contribution < 1.29 is 9.90 Å². The fourth-order valence-electron chi connectivity index (χ4n) is 3.74. The Kier molecular flexibility index (Phi) is 4.21. The minimum atomic E-state index is -0.751. The summed E-state index contributed by atoms with van der Waals surface area (Å²) in [6.45, 7) is 5.23. The highest BCUT2D eigenvalue weighted by molar-refractivity contribution is 5.85. The largest absolute Gasteiger partial charge is 0.389 e. The first kappa shape index (κ1) is 14.8. The summed E-state index contributed by atoms with van der Waals surface area (Å²) < 4.78 is 0. The molecule has 4 nitrogen and oxygen atoms in total. The number of hydrogen-bond acceptors (Lipinski definition) is 3. The zero-order chi connectivity index (χ0) is 14.1. The second-order valence-electron chi connectivity index (χ2n) is 6.71. The highest BCUT2D eigenvalue weighted by atomic mass is 16.3. The van der Waals surface area contributed by atoms with Gasteiger partial charge in [-0.2, -0.15) is 0 Å². The zero-order valence-electron chi connectivity index (χ0n) is 12.3. The molecule has 3 atom stereocenters. The van der Waals surface area contributed by atoms with Crippen molar-refractivity contribution in [3.05, 3.63) is 0 Å². The number of fused-ring (bicyclic) bond motifs is 1. The third-order valence-corrected chi connectivity index (χ3v) is 4.97. The standard InChI is InChI=1S/C15H28N2O2/c1-3-7-14(2,16)13(18)17-10-9-15(19)8-5-4-6-12(15)11-17/h12,19H,3-11,16H2,1-2H3. The molecule has 1 amide bonds. The van der Waals surface area contributed by atoms with Gasteiger partial charge in [-0.05, 0) is 32.6 Å². The molecule has 1 saturated carbocycles. The second kappa shape index (κ2) is 5.41. The predicted molar refractivity (Wildman–Crippen MR) is 75.6 cm³/mol. The van der Waals surface area contributed by atoms with Gasteiger partial charge in [-0.25, -0.2) is 0 Å². The fourth-order valence-corrected chi connectivity index (χ4v) is 3.74. The van der Waals surface area contributed by atoms with Crippen LogP contribution < -0.4 is 5.73 Å². The maximum absolute atomic E-state index is 12.5. The van der Waals surface area contributed by atoms with Gasteiger partial charge >= 0.3 is 0 Å². The van der Waals surface area contributed by atoms with E-state index in [1.807, 2.05) is 11.8 Å². The topological polar surface area (TPSA) is 66.6 Å². The Morgan fingerprint density at radius 3 is 2.89 bits per heavy atom. The maximum Gasteiger partial charge on any atom is 0.242 e. The number of likely N-dealkylation sites (tertiary alicyclic amines) is 1. The van der Waals surface area contributed by atoms with Crippen molar-refractivity contribution in [2.24, 2.45) is 11.7 Å². The van der Waals surface area contributed by atoms with Gasteiger partial charge in [0.1, 0.15) is 0 Å². The molecular formula is C15H28N2O2. The molecule has 0 spiro atoms. The number of nitrogens with zero attached hydrogens (tertiary/aromatic N) is 1. The van der Waals surface area contributed by atoms with Gasteiger partial charge in [-0.15, -0.1) is 0 Å². The van der Waals surface area contributed by atoms with Crippen molar-refractivity contribution >= 4 is 5.91 Å². The normalized spacial score (nSPS) is 34.5. The lowest BCUT2D eigenvalue weighted by Crippen LogP contribution is -2.60. The van der Waals surface area contributed by atoms with Crippen LogP contribution in [0.25, 0.3) is 0 Å². The first-order valence-electron chi connectivity index (χ1n) is 7.70. The van der Waals surface area contributed by atoms with E-state index < -0.39 is 11.1 Å². The van der Waals surface area contributed by atoms with Crippen molar-refractivity contribution in [3.63, 3.8) is 0 Å². The van der Waals surface area contributed by atoms with Crippen molar-refractivity contribution in [2.45, 2.75) is 69.9 Å². The van der Waals surface area contributed by atoms with E-state index in [4.69, 9.17) is 5.73 Å². The number of carbonyl (C=O) groups excluding carboxylic acids is 1. The second-order valence-corrected chi connectivity index (χ2v) is 6.71. The van der Waals surface area contributed by atoms with Gasteiger partial charge < -0.3 is 15.7 Å². The van der Waals surface area contributed by atoms with Gasteiger partial charge in [0.15, 0.2) is 0 Å². The van der Waals surface area contributed by atoms with E-state index in [2.05, 4.69) is 6.92 Å². The SMILES string of the molecule is CCCC(C)(N)C(=O)N1CCC2(O)CCCCC2C1. The summed E-state index contributed by atoms with van der Waals surface area (Å²) in [5, 5.41) is 10.6. The van der Waals surface area contributed by atoms with Crippen LogP contribution in [0.3, 0.4) is 0 Å². The fraction of sp³-hybridized carbons (Fsp3) is 0.933. The lowest BCUT2D eigenvalue weighted by Gasteiger charge is -2.48. The summed E-state index contributed by atoms with van der Waals surface area (Å²) in [6.07, 6.45) is 6.57. The number of carbonyl (C=O) groups is 1. The third-order valence-electron chi connectivity index (χ3n) is 4.97. The number of rotatable bonds is 3. The maximum atomic E-state index is 12.5. The van der Waals surface area contributed by atoms with Crippen LogP contribution in [0.15, 0.2) is 0 Å². The molecule has 3 unspecified atom stereocenters. The van der Waals surface area contributed by atoms with E-state index in [1.165, 1.54) is 6.42 Å². The Balaban J connectivity index is 2.02. The molecule has 2 rings (SSSR count). The average molecular weight is 268 g/mol. The minimum Gasteiger partial charge on any atom is -0.389 e. The molecule has 110 valence electrons. The van der Waals surface area contributed by atoms with Crippen LogP contribution in [-0.4, -0.2) is 40.1 Å². The summed E-state index contributed by atoms with van der Waals surface area (Å²) in [5.41, 5.74) is 4.87. The molecule has 2 aliphatic rings. The van der Waals surface area contributed by atoms with E-state index in [0.717, 1.165) is 32.1 Å². The average Bonchev–Trinajstić information content (AvgIpc) is 2.36. The molecule has 1 heterocycles. The Hall–Kier alpha value is -0.610. The molecular weight excluding hydrogens is 240 g/mol. The number of piperidine rings is 1. The molecule has 0 aromatic heterocycles. The molecule has 0 aromatic rings. The smallest absolute Gasteiger partial charge is 0.242 e. The number of hydrogen-bond donors (Lipinski definition) is 2. The lowest BCUT2D eigenvalue weighted by atomic mass is 9.71. The number of nitrogens with two attached hydrogens (primary N) is 1. The predicted octanol–water partition coefficient (Wildman–Crippen LogP) is 1.66. The number of amides is 1. The van der Waals surface area contributed by atoms with Gasteiger partial charge in [0.2, 0.25) is 5.91 Å². The molecule has 19 heavy (non-hydrogen) atoms. The van der Waals surface area contributed by atoms with Crippen LogP contribution in [0.5, 0.6) is 0 Å². The molecule has 0 radical (unpaired) electrons. The third kappa shape index (κ3) is 2.95. The summed E-state index contributed by atoms with van der Waals surface area (Å²) in [4.78, 5) is 14.4. The van der Waals surface area contributed by atoms with E-state index in [9.17, 15) is 9.90 Å². The molecule has 1 aliphatic heterocycles. The van der Waals surface area contributed by atoms with Crippen LogP contribution in [0, 0.1) is 5.92 Å². The van der Waals surface area contributed by atoms with Crippen LogP contribution in [0.4, 0.5) is 0 Å². The Morgan fingerprint density at radius 1 is 1.47 bits per heavy atom. The van der Waals surface area contributed by atoms with E-state index in [1.54, 1.807) is 0 Å². The summed E-state index contributed by atoms with van der Waals surface area (Å²) in [6, 6.07) is 0. The summed E-state index contributed by atoms with van der Waals surface area (Å²) in [5.74, 6) is 0.304. The first-order valence-corrected chi connectivity index (χ1v) is 7.70. The van der Waals surface area contributed by atoms with Gasteiger partial charge in [-0.3, -0.25) is 4.79 Å². The van der Waals surface area contributed by atoms with Gasteiger partial charge in [0.05, 0.1) is 11.1 Å². The highest BCUT2D eigenvalue weighted by Crippen LogP contribution is 2.40. The van der Waals surface area contributed by atoms with Crippen molar-refractivity contribution in [1.82, 2.24) is 4.90 Å². The van der Waals surface area contributed by atoms with Crippen molar-refractivity contribution in [1.29, 1.82) is 0 Å². The molecule has 3 N–H and O–H groups in total. The quantitative estimate of drug-likeness (QED) is 0.818. The Bertz CT molecular complexity index is 343. The van der Waals surface area contributed by atoms with Crippen LogP contribution in [0.2, 0.25) is 0 Å². The first-order chi connectivity index (χ1) is 8.89. The molecule has 2 fully saturated rings. The Morgan fingerprint density at radius 2 is 2.21 bits per heavy atom. The molecule has 1 saturated heterocycles. The molecule has 1 aliphatic carbocycles. The zero-order valence-corrected chi connectivity index (χ0v) is 12.3. The Labute approximate surface area is 116 Å². The summed E-state index contributed by atoms with van der Waals surface area (Å²) >= 11 is 0. The van der Waals surface area contributed by atoms with Crippen LogP contribution >= 0.6 is 0 Å². The molecule has 0 bridgehead atoms. The van der Waals surface area contributed by atoms with Crippen molar-refractivity contribution in [3.8, 4) is 0 Å². The lowest BCUT2D eigenvalue weighted by molar-refractivity contribution is -0.148. The van der Waals surface area contributed by atoms with E-state index in [-0.39, 0.29) is 11.8 Å². The molecule has 4 heteroatoms. The van der Waals surface area contributed by atoms with Gasteiger partial charge in [0, 0.05) is 19.0 Å². The monoisotopic (exact) mass is 268 g/mol.